The molecule has 2 aliphatic rings. The molecule has 7 nitrogen and oxygen atoms in total. The molecule has 0 amide bonds. The summed E-state index contributed by atoms with van der Waals surface area (Å²) in [6.45, 7) is 2.95. The molecule has 4 N–H and O–H groups in total. The van der Waals surface area contributed by atoms with Gasteiger partial charge in [-0.3, -0.25) is 9.36 Å². The van der Waals surface area contributed by atoms with Crippen molar-refractivity contribution in [1.82, 2.24) is 9.55 Å². The number of aromatic nitrogens is 2. The number of benzene rings is 1. The molecule has 0 radical (unpaired) electrons. The molecule has 0 aliphatic carbocycles. The maximum absolute atomic E-state index is 12.9. The third kappa shape index (κ3) is 3.33. The fourth-order valence-electron chi connectivity index (χ4n) is 3.91. The van der Waals surface area contributed by atoms with Gasteiger partial charge >= 0.3 is 0 Å². The standard InChI is InChI=1S/C19H25N5O2S/c1-23-17(25)15(27-13-5-3-2-4-6-13)16(21)22-18(23)24-9-7-19(8-10-24)12-26-11-14(19)20/h2-6,14H,7-12,20-21H2,1H3/t14-/m1/s1. The predicted octanol–water partition coefficient (Wildman–Crippen LogP) is 1.46. The summed E-state index contributed by atoms with van der Waals surface area (Å²) in [5.74, 6) is 0.903. The van der Waals surface area contributed by atoms with Gasteiger partial charge in [0, 0.05) is 36.5 Å². The third-order valence-electron chi connectivity index (χ3n) is 5.73. The second-order valence-corrected chi connectivity index (χ2v) is 8.46. The van der Waals surface area contributed by atoms with Crippen LogP contribution in [0.5, 0.6) is 0 Å². The van der Waals surface area contributed by atoms with E-state index in [1.54, 1.807) is 11.6 Å². The molecule has 2 saturated heterocycles. The Morgan fingerprint density at radius 3 is 2.59 bits per heavy atom. The van der Waals surface area contributed by atoms with Crippen LogP contribution >= 0.6 is 11.8 Å². The molecule has 4 rings (SSSR count). The average molecular weight is 388 g/mol. The summed E-state index contributed by atoms with van der Waals surface area (Å²) >= 11 is 1.35. The zero-order valence-electron chi connectivity index (χ0n) is 15.4. The lowest BCUT2D eigenvalue weighted by molar-refractivity contribution is 0.131. The Kier molecular flexibility index (Phi) is 4.88. The van der Waals surface area contributed by atoms with Crippen molar-refractivity contribution >= 4 is 23.5 Å². The van der Waals surface area contributed by atoms with Crippen molar-refractivity contribution in [2.45, 2.75) is 28.7 Å². The maximum Gasteiger partial charge on any atom is 0.270 e. The highest BCUT2D eigenvalue weighted by Crippen LogP contribution is 2.39. The fourth-order valence-corrected chi connectivity index (χ4v) is 4.81. The summed E-state index contributed by atoms with van der Waals surface area (Å²) in [7, 11) is 1.76. The molecule has 1 atom stereocenters. The van der Waals surface area contributed by atoms with E-state index >= 15 is 0 Å². The van der Waals surface area contributed by atoms with Crippen LogP contribution in [-0.2, 0) is 11.8 Å². The predicted molar refractivity (Wildman–Crippen MR) is 107 cm³/mol. The highest BCUT2D eigenvalue weighted by Gasteiger charge is 2.44. The van der Waals surface area contributed by atoms with Crippen LogP contribution in [0.3, 0.4) is 0 Å². The number of anilines is 2. The molecule has 0 unspecified atom stereocenters. The quantitative estimate of drug-likeness (QED) is 0.822. The van der Waals surface area contributed by atoms with E-state index in [0.717, 1.165) is 37.4 Å². The van der Waals surface area contributed by atoms with E-state index in [1.807, 2.05) is 30.3 Å². The molecule has 8 heteroatoms. The Hall–Kier alpha value is -2.03. The fraction of sp³-hybridized carbons (Fsp3) is 0.474. The second-order valence-electron chi connectivity index (χ2n) is 7.38. The van der Waals surface area contributed by atoms with Gasteiger partial charge in [-0.15, -0.1) is 0 Å². The van der Waals surface area contributed by atoms with Crippen molar-refractivity contribution in [3.8, 4) is 0 Å². The van der Waals surface area contributed by atoms with Crippen LogP contribution in [0.2, 0.25) is 0 Å². The number of rotatable bonds is 3. The van der Waals surface area contributed by atoms with Gasteiger partial charge in [-0.25, -0.2) is 0 Å². The summed E-state index contributed by atoms with van der Waals surface area (Å²) in [6, 6.07) is 9.81. The molecular formula is C19H25N5O2S. The van der Waals surface area contributed by atoms with Crippen molar-refractivity contribution < 1.29 is 4.74 Å². The van der Waals surface area contributed by atoms with Crippen LogP contribution in [0.1, 0.15) is 12.8 Å². The van der Waals surface area contributed by atoms with E-state index in [9.17, 15) is 4.79 Å². The molecule has 0 bridgehead atoms. The monoisotopic (exact) mass is 387 g/mol. The molecule has 0 saturated carbocycles. The first-order valence-corrected chi connectivity index (χ1v) is 9.99. The van der Waals surface area contributed by atoms with Crippen LogP contribution in [0.4, 0.5) is 11.8 Å². The molecule has 144 valence electrons. The largest absolute Gasteiger partial charge is 0.382 e. The molecule has 2 aromatic rings. The number of piperidine rings is 1. The van der Waals surface area contributed by atoms with E-state index in [4.69, 9.17) is 16.2 Å². The number of nitrogen functional groups attached to an aromatic ring is 1. The van der Waals surface area contributed by atoms with Gasteiger partial charge in [0.15, 0.2) is 0 Å². The Morgan fingerprint density at radius 2 is 1.96 bits per heavy atom. The van der Waals surface area contributed by atoms with Crippen LogP contribution in [0.25, 0.3) is 0 Å². The molecule has 3 heterocycles. The van der Waals surface area contributed by atoms with Gasteiger partial charge in [0.2, 0.25) is 5.95 Å². The van der Waals surface area contributed by atoms with Gasteiger partial charge in [-0.05, 0) is 25.0 Å². The van der Waals surface area contributed by atoms with Gasteiger partial charge < -0.3 is 21.1 Å². The van der Waals surface area contributed by atoms with Crippen molar-refractivity contribution in [3.63, 3.8) is 0 Å². The van der Waals surface area contributed by atoms with Crippen molar-refractivity contribution in [2.75, 3.05) is 36.9 Å². The lowest BCUT2D eigenvalue weighted by atomic mass is 9.75. The number of nitrogens with two attached hydrogens (primary N) is 2. The minimum absolute atomic E-state index is 0.0595. The number of ether oxygens (including phenoxy) is 1. The summed E-state index contributed by atoms with van der Waals surface area (Å²) in [6.07, 6.45) is 1.87. The van der Waals surface area contributed by atoms with E-state index in [2.05, 4.69) is 9.88 Å². The Labute approximate surface area is 162 Å². The van der Waals surface area contributed by atoms with Gasteiger partial charge in [-0.1, -0.05) is 30.0 Å². The highest BCUT2D eigenvalue weighted by molar-refractivity contribution is 7.99. The Balaban J connectivity index is 1.57. The van der Waals surface area contributed by atoms with Crippen LogP contribution in [0, 0.1) is 5.41 Å². The second kappa shape index (κ2) is 7.18. The topological polar surface area (TPSA) is 99.4 Å². The van der Waals surface area contributed by atoms with E-state index < -0.39 is 0 Å². The van der Waals surface area contributed by atoms with Crippen molar-refractivity contribution in [1.29, 1.82) is 0 Å². The molecule has 1 aromatic carbocycles. The summed E-state index contributed by atoms with van der Waals surface area (Å²) < 4.78 is 7.19. The van der Waals surface area contributed by atoms with Crippen molar-refractivity contribution in [2.24, 2.45) is 18.2 Å². The molecule has 1 spiro atoms. The first-order valence-electron chi connectivity index (χ1n) is 9.18. The van der Waals surface area contributed by atoms with Crippen molar-refractivity contribution in [3.05, 3.63) is 40.7 Å². The summed E-state index contributed by atoms with van der Waals surface area (Å²) in [5, 5.41) is 0. The summed E-state index contributed by atoms with van der Waals surface area (Å²) in [4.78, 5) is 21.0. The van der Waals surface area contributed by atoms with Crippen LogP contribution in [0.15, 0.2) is 44.9 Å². The smallest absolute Gasteiger partial charge is 0.270 e. The van der Waals surface area contributed by atoms with Gasteiger partial charge in [0.05, 0.1) is 13.2 Å². The zero-order chi connectivity index (χ0) is 19.0. The molecule has 27 heavy (non-hydrogen) atoms. The van der Waals surface area contributed by atoms with Crippen LogP contribution < -0.4 is 21.9 Å². The van der Waals surface area contributed by atoms with Gasteiger partial charge in [-0.2, -0.15) is 4.98 Å². The van der Waals surface area contributed by atoms with Gasteiger partial charge in [0.1, 0.15) is 10.7 Å². The molecule has 1 aromatic heterocycles. The number of hydrogen-bond acceptors (Lipinski definition) is 7. The Morgan fingerprint density at radius 1 is 1.26 bits per heavy atom. The van der Waals surface area contributed by atoms with E-state index in [1.165, 1.54) is 11.8 Å². The first kappa shape index (κ1) is 18.3. The van der Waals surface area contributed by atoms with Crippen LogP contribution in [-0.4, -0.2) is 41.9 Å². The lowest BCUT2D eigenvalue weighted by Gasteiger charge is -2.41. The zero-order valence-corrected chi connectivity index (χ0v) is 16.2. The number of hydrogen-bond donors (Lipinski definition) is 2. The normalized spacial score (nSPS) is 21.7. The van der Waals surface area contributed by atoms with E-state index in [0.29, 0.717) is 17.5 Å². The molecular weight excluding hydrogens is 362 g/mol. The summed E-state index contributed by atoms with van der Waals surface area (Å²) in [5.41, 5.74) is 12.4. The molecule has 2 fully saturated rings. The minimum Gasteiger partial charge on any atom is -0.382 e. The maximum atomic E-state index is 12.9. The minimum atomic E-state index is -0.118. The highest BCUT2D eigenvalue weighted by atomic mass is 32.2. The average Bonchev–Trinajstić information content (AvgIpc) is 3.03. The first-order chi connectivity index (χ1) is 13.0. The van der Waals surface area contributed by atoms with E-state index in [-0.39, 0.29) is 22.8 Å². The van der Waals surface area contributed by atoms with Gasteiger partial charge in [0.25, 0.3) is 5.56 Å². The number of nitrogens with zero attached hydrogens (tertiary/aromatic N) is 3. The Bertz CT molecular complexity index is 878. The lowest BCUT2D eigenvalue weighted by Crippen LogP contribution is -2.50. The molecule has 2 aliphatic heterocycles. The third-order valence-corrected chi connectivity index (χ3v) is 6.83. The SMILES string of the molecule is Cn1c(N2CCC3(CC2)COC[C@H]3N)nc(N)c(Sc2ccccc2)c1=O.